The lowest BCUT2D eigenvalue weighted by Crippen LogP contribution is -2.53. The summed E-state index contributed by atoms with van der Waals surface area (Å²) in [6.45, 7) is 10.5. The standard InChI is InChI=1S/C15H27NO4/c1-5-6-9-18-12-10-16(8-7-15(12)11-19-15)13(17)20-14(2,3)4/h12H,5-11H2,1-4H3. The fourth-order valence-corrected chi connectivity index (χ4v) is 2.43. The summed E-state index contributed by atoms with van der Waals surface area (Å²) in [5, 5.41) is 0. The Kier molecular flexibility index (Phi) is 4.59. The van der Waals surface area contributed by atoms with Crippen LogP contribution in [0, 0.1) is 0 Å². The topological polar surface area (TPSA) is 51.3 Å². The van der Waals surface area contributed by atoms with Crippen molar-refractivity contribution in [3.63, 3.8) is 0 Å². The number of likely N-dealkylation sites (tertiary alicyclic amines) is 1. The third kappa shape index (κ3) is 3.85. The summed E-state index contributed by atoms with van der Waals surface area (Å²) >= 11 is 0. The van der Waals surface area contributed by atoms with Crippen LogP contribution in [0.3, 0.4) is 0 Å². The minimum atomic E-state index is -0.457. The Hall–Kier alpha value is -0.810. The Morgan fingerprint density at radius 1 is 1.45 bits per heavy atom. The van der Waals surface area contributed by atoms with E-state index in [1.807, 2.05) is 20.8 Å². The molecule has 0 radical (unpaired) electrons. The summed E-state index contributed by atoms with van der Waals surface area (Å²) in [5.41, 5.74) is -0.590. The molecule has 2 atom stereocenters. The number of amides is 1. The van der Waals surface area contributed by atoms with Gasteiger partial charge < -0.3 is 19.1 Å². The molecule has 0 aromatic heterocycles. The van der Waals surface area contributed by atoms with Gasteiger partial charge in [0.15, 0.2) is 0 Å². The fourth-order valence-electron chi connectivity index (χ4n) is 2.43. The van der Waals surface area contributed by atoms with Gasteiger partial charge in [0.2, 0.25) is 0 Å². The van der Waals surface area contributed by atoms with Gasteiger partial charge in [0.25, 0.3) is 0 Å². The zero-order valence-electron chi connectivity index (χ0n) is 13.1. The van der Waals surface area contributed by atoms with Crippen LogP contribution in [0.2, 0.25) is 0 Å². The maximum atomic E-state index is 12.1. The first-order chi connectivity index (χ1) is 9.36. The third-order valence-corrected chi connectivity index (χ3v) is 3.76. The number of nitrogens with zero attached hydrogens (tertiary/aromatic N) is 1. The zero-order valence-corrected chi connectivity index (χ0v) is 13.1. The highest BCUT2D eigenvalue weighted by molar-refractivity contribution is 5.68. The first-order valence-corrected chi connectivity index (χ1v) is 7.60. The van der Waals surface area contributed by atoms with Crippen molar-refractivity contribution in [1.29, 1.82) is 0 Å². The highest BCUT2D eigenvalue weighted by Crippen LogP contribution is 2.40. The van der Waals surface area contributed by atoms with Crippen LogP contribution >= 0.6 is 0 Å². The molecule has 5 heteroatoms. The van der Waals surface area contributed by atoms with Crippen molar-refractivity contribution in [3.05, 3.63) is 0 Å². The average molecular weight is 285 g/mol. The van der Waals surface area contributed by atoms with Gasteiger partial charge in [0, 0.05) is 13.2 Å². The van der Waals surface area contributed by atoms with Gasteiger partial charge in [-0.05, 0) is 33.6 Å². The molecular formula is C15H27NO4. The first-order valence-electron chi connectivity index (χ1n) is 7.60. The van der Waals surface area contributed by atoms with Gasteiger partial charge in [-0.3, -0.25) is 0 Å². The lowest BCUT2D eigenvalue weighted by molar-refractivity contribution is -0.0577. The third-order valence-electron chi connectivity index (χ3n) is 3.76. The Balaban J connectivity index is 1.89. The molecule has 0 N–H and O–H groups in total. The number of carbonyl (C=O) groups is 1. The number of carbonyl (C=O) groups excluding carboxylic acids is 1. The van der Waals surface area contributed by atoms with Crippen LogP contribution in [-0.4, -0.2) is 54.6 Å². The molecule has 1 amide bonds. The maximum Gasteiger partial charge on any atom is 0.410 e. The van der Waals surface area contributed by atoms with Crippen LogP contribution < -0.4 is 0 Å². The summed E-state index contributed by atoms with van der Waals surface area (Å²) in [6.07, 6.45) is 2.71. The molecule has 2 rings (SSSR count). The Morgan fingerprint density at radius 2 is 2.15 bits per heavy atom. The lowest BCUT2D eigenvalue weighted by Gasteiger charge is -2.37. The summed E-state index contributed by atoms with van der Waals surface area (Å²) in [4.78, 5) is 13.9. The predicted octanol–water partition coefficient (Wildman–Crippen LogP) is 2.58. The van der Waals surface area contributed by atoms with Gasteiger partial charge in [-0.15, -0.1) is 0 Å². The number of piperidine rings is 1. The van der Waals surface area contributed by atoms with Crippen LogP contribution in [0.25, 0.3) is 0 Å². The van der Waals surface area contributed by atoms with Crippen molar-refractivity contribution >= 4 is 6.09 Å². The molecule has 2 aliphatic rings. The second kappa shape index (κ2) is 5.90. The zero-order chi connectivity index (χ0) is 14.8. The molecule has 20 heavy (non-hydrogen) atoms. The van der Waals surface area contributed by atoms with Gasteiger partial charge in [-0.2, -0.15) is 0 Å². The minimum absolute atomic E-state index is 0.0182. The van der Waals surface area contributed by atoms with Gasteiger partial charge in [-0.25, -0.2) is 4.79 Å². The van der Waals surface area contributed by atoms with E-state index in [0.29, 0.717) is 13.1 Å². The molecular weight excluding hydrogens is 258 g/mol. The molecule has 2 saturated heterocycles. The maximum absolute atomic E-state index is 12.1. The van der Waals surface area contributed by atoms with Crippen molar-refractivity contribution in [3.8, 4) is 0 Å². The molecule has 0 aromatic rings. The van der Waals surface area contributed by atoms with E-state index in [4.69, 9.17) is 14.2 Å². The van der Waals surface area contributed by atoms with E-state index >= 15 is 0 Å². The highest BCUT2D eigenvalue weighted by atomic mass is 16.6. The molecule has 2 unspecified atom stereocenters. The van der Waals surface area contributed by atoms with E-state index in [1.54, 1.807) is 4.90 Å². The SMILES string of the molecule is CCCCOC1CN(C(=O)OC(C)(C)C)CCC12CO2. The molecule has 2 heterocycles. The summed E-state index contributed by atoms with van der Waals surface area (Å²) < 4.78 is 17.0. The van der Waals surface area contributed by atoms with Gasteiger partial charge >= 0.3 is 6.09 Å². The molecule has 2 fully saturated rings. The van der Waals surface area contributed by atoms with Crippen LogP contribution in [0.15, 0.2) is 0 Å². The lowest BCUT2D eigenvalue weighted by atomic mass is 9.94. The number of rotatable bonds is 4. The van der Waals surface area contributed by atoms with E-state index in [0.717, 1.165) is 32.5 Å². The van der Waals surface area contributed by atoms with Crippen LogP contribution in [0.5, 0.6) is 0 Å². The van der Waals surface area contributed by atoms with Crippen LogP contribution in [-0.2, 0) is 14.2 Å². The van der Waals surface area contributed by atoms with Gasteiger partial charge in [-0.1, -0.05) is 13.3 Å². The van der Waals surface area contributed by atoms with E-state index < -0.39 is 5.60 Å². The number of ether oxygens (including phenoxy) is 3. The molecule has 116 valence electrons. The average Bonchev–Trinajstić information content (AvgIpc) is 3.10. The van der Waals surface area contributed by atoms with Gasteiger partial charge in [0.05, 0.1) is 13.2 Å². The van der Waals surface area contributed by atoms with Crippen molar-refractivity contribution in [2.75, 3.05) is 26.3 Å². The first kappa shape index (κ1) is 15.6. The molecule has 2 aliphatic heterocycles. The van der Waals surface area contributed by atoms with Crippen molar-refractivity contribution < 1.29 is 19.0 Å². The highest BCUT2D eigenvalue weighted by Gasteiger charge is 2.55. The largest absolute Gasteiger partial charge is 0.444 e. The van der Waals surface area contributed by atoms with Crippen molar-refractivity contribution in [2.24, 2.45) is 0 Å². The normalized spacial score (nSPS) is 29.6. The van der Waals surface area contributed by atoms with Crippen molar-refractivity contribution in [2.45, 2.75) is 64.3 Å². The number of hydrogen-bond acceptors (Lipinski definition) is 4. The number of epoxide rings is 1. The van der Waals surface area contributed by atoms with Crippen LogP contribution in [0.1, 0.15) is 47.0 Å². The molecule has 1 spiro atoms. The summed E-state index contributed by atoms with van der Waals surface area (Å²) in [7, 11) is 0. The van der Waals surface area contributed by atoms with E-state index in [9.17, 15) is 4.79 Å². The quantitative estimate of drug-likeness (QED) is 0.588. The van der Waals surface area contributed by atoms with E-state index in [-0.39, 0.29) is 17.8 Å². The monoisotopic (exact) mass is 285 g/mol. The van der Waals surface area contributed by atoms with E-state index in [1.165, 1.54) is 0 Å². The minimum Gasteiger partial charge on any atom is -0.444 e. The number of unbranched alkanes of at least 4 members (excludes halogenated alkanes) is 1. The molecule has 0 bridgehead atoms. The number of hydrogen-bond donors (Lipinski definition) is 0. The summed E-state index contributed by atoms with van der Waals surface area (Å²) in [5.74, 6) is 0. The molecule has 0 aliphatic carbocycles. The molecule has 0 aromatic carbocycles. The molecule has 0 saturated carbocycles. The smallest absolute Gasteiger partial charge is 0.410 e. The second-order valence-electron chi connectivity index (χ2n) is 6.74. The Labute approximate surface area is 121 Å². The van der Waals surface area contributed by atoms with Crippen LogP contribution in [0.4, 0.5) is 4.79 Å². The fraction of sp³-hybridized carbons (Fsp3) is 0.933. The van der Waals surface area contributed by atoms with Crippen molar-refractivity contribution in [1.82, 2.24) is 4.90 Å². The molecule has 5 nitrogen and oxygen atoms in total. The predicted molar refractivity (Wildman–Crippen MR) is 75.8 cm³/mol. The Morgan fingerprint density at radius 3 is 2.70 bits per heavy atom. The summed E-state index contributed by atoms with van der Waals surface area (Å²) in [6, 6.07) is 0. The van der Waals surface area contributed by atoms with Gasteiger partial charge in [0.1, 0.15) is 17.3 Å². The van der Waals surface area contributed by atoms with E-state index in [2.05, 4.69) is 6.92 Å². The Bertz CT molecular complexity index is 346. The second-order valence-corrected chi connectivity index (χ2v) is 6.74.